The Morgan fingerprint density at radius 3 is 2.44 bits per heavy atom. The lowest BCUT2D eigenvalue weighted by Crippen LogP contribution is -2.33. The lowest BCUT2D eigenvalue weighted by atomic mass is 9.87. The number of hydrogen-bond acceptors (Lipinski definition) is 2. The summed E-state index contributed by atoms with van der Waals surface area (Å²) in [5.74, 6) is 1.33. The predicted octanol–water partition coefficient (Wildman–Crippen LogP) is 4.03. The number of hydrogen-bond donors (Lipinski definition) is 0. The molecule has 1 aromatic carbocycles. The number of carbonyl (C=O) groups excluding carboxylic acids is 1. The first kappa shape index (κ1) is 12.9. The van der Waals surface area contributed by atoms with Crippen molar-refractivity contribution in [3.05, 3.63) is 41.7 Å². The summed E-state index contributed by atoms with van der Waals surface area (Å²) in [5, 5.41) is 0. The molecule has 0 bridgehead atoms. The molecule has 1 atom stereocenters. The second-order valence-corrected chi connectivity index (χ2v) is 5.19. The fourth-order valence-electron chi connectivity index (χ4n) is 2.33. The van der Waals surface area contributed by atoms with Crippen LogP contribution in [0.2, 0.25) is 0 Å². The third-order valence-corrected chi connectivity index (χ3v) is 3.25. The van der Waals surface area contributed by atoms with E-state index < -0.39 is 0 Å². The Bertz CT molecular complexity index is 457. The second-order valence-electron chi connectivity index (χ2n) is 5.19. The van der Waals surface area contributed by atoms with E-state index in [-0.39, 0.29) is 11.9 Å². The van der Waals surface area contributed by atoms with E-state index in [4.69, 9.17) is 4.74 Å². The number of cyclic esters (lactones) is 1. The molecule has 0 radical (unpaired) electrons. The van der Waals surface area contributed by atoms with E-state index in [9.17, 15) is 4.79 Å². The first-order valence-corrected chi connectivity index (χ1v) is 6.63. The van der Waals surface area contributed by atoms with Crippen molar-refractivity contribution >= 4 is 11.5 Å². The minimum absolute atomic E-state index is 0.0287. The zero-order chi connectivity index (χ0) is 13.1. The average molecular weight is 244 g/mol. The molecule has 18 heavy (non-hydrogen) atoms. The Labute approximate surface area is 109 Å². The van der Waals surface area contributed by atoms with Crippen LogP contribution in [0.4, 0.5) is 0 Å². The molecule has 2 heteroatoms. The minimum atomic E-state index is -0.0790. The zero-order valence-corrected chi connectivity index (χ0v) is 11.3. The van der Waals surface area contributed by atoms with E-state index in [0.717, 1.165) is 18.6 Å². The molecule has 1 heterocycles. The zero-order valence-electron chi connectivity index (χ0n) is 11.3. The topological polar surface area (TPSA) is 26.3 Å². The molecule has 96 valence electrons. The highest BCUT2D eigenvalue weighted by Gasteiger charge is 2.38. The summed E-state index contributed by atoms with van der Waals surface area (Å²) in [4.78, 5) is 11.4. The van der Waals surface area contributed by atoms with Crippen molar-refractivity contribution in [3.8, 4) is 0 Å². The molecule has 1 fully saturated rings. The number of esters is 1. The largest absolute Gasteiger partial charge is 0.429 e. The van der Waals surface area contributed by atoms with Gasteiger partial charge in [-0.1, -0.05) is 51.1 Å². The van der Waals surface area contributed by atoms with Crippen molar-refractivity contribution in [2.24, 2.45) is 11.8 Å². The fourth-order valence-corrected chi connectivity index (χ4v) is 2.33. The molecule has 0 aliphatic carbocycles. The van der Waals surface area contributed by atoms with E-state index in [1.807, 2.05) is 25.1 Å². The van der Waals surface area contributed by atoms with Crippen molar-refractivity contribution < 1.29 is 9.53 Å². The highest BCUT2D eigenvalue weighted by molar-refractivity contribution is 5.88. The van der Waals surface area contributed by atoms with Gasteiger partial charge in [-0.15, -0.1) is 0 Å². The van der Waals surface area contributed by atoms with Crippen LogP contribution in [-0.2, 0) is 9.53 Å². The van der Waals surface area contributed by atoms with Crippen molar-refractivity contribution in [1.82, 2.24) is 0 Å². The smallest absolute Gasteiger partial charge is 0.321 e. The van der Waals surface area contributed by atoms with Crippen LogP contribution in [0.1, 0.15) is 39.2 Å². The predicted molar refractivity (Wildman–Crippen MR) is 72.7 cm³/mol. The summed E-state index contributed by atoms with van der Waals surface area (Å²) in [5.41, 5.74) is 2.37. The Balaban J connectivity index is 2.38. The maximum absolute atomic E-state index is 11.4. The molecule has 1 aliphatic heterocycles. The van der Waals surface area contributed by atoms with E-state index in [1.165, 1.54) is 11.1 Å². The van der Waals surface area contributed by atoms with E-state index in [0.29, 0.717) is 5.92 Å². The monoisotopic (exact) mass is 244 g/mol. The summed E-state index contributed by atoms with van der Waals surface area (Å²) in [6, 6.07) is 10.2. The molecule has 1 aliphatic rings. The van der Waals surface area contributed by atoms with Crippen LogP contribution in [0.15, 0.2) is 36.1 Å². The molecule has 2 rings (SSSR count). The Morgan fingerprint density at radius 1 is 1.28 bits per heavy atom. The SMILES string of the molecule is CCC1C(=O)O/C1=C(\CC(C)C)c1ccccc1. The van der Waals surface area contributed by atoms with Gasteiger partial charge in [0.15, 0.2) is 0 Å². The van der Waals surface area contributed by atoms with Gasteiger partial charge >= 0.3 is 5.97 Å². The Kier molecular flexibility index (Phi) is 3.85. The molecule has 0 spiro atoms. The summed E-state index contributed by atoms with van der Waals surface area (Å²) in [6.07, 6.45) is 1.77. The molecule has 1 unspecified atom stereocenters. The van der Waals surface area contributed by atoms with E-state index >= 15 is 0 Å². The summed E-state index contributed by atoms with van der Waals surface area (Å²) in [7, 11) is 0. The lowest BCUT2D eigenvalue weighted by molar-refractivity contribution is -0.156. The van der Waals surface area contributed by atoms with E-state index in [1.54, 1.807) is 0 Å². The van der Waals surface area contributed by atoms with E-state index in [2.05, 4.69) is 26.0 Å². The highest BCUT2D eigenvalue weighted by Crippen LogP contribution is 2.38. The Morgan fingerprint density at radius 2 is 1.94 bits per heavy atom. The van der Waals surface area contributed by atoms with Crippen molar-refractivity contribution in [2.45, 2.75) is 33.6 Å². The molecule has 0 saturated carbocycles. The molecule has 0 aromatic heterocycles. The molecule has 1 saturated heterocycles. The van der Waals surface area contributed by atoms with Gasteiger partial charge in [0.05, 0.1) is 0 Å². The van der Waals surface area contributed by atoms with Gasteiger partial charge < -0.3 is 4.74 Å². The third kappa shape index (κ3) is 2.47. The minimum Gasteiger partial charge on any atom is -0.429 e. The van der Waals surface area contributed by atoms with Crippen LogP contribution in [-0.4, -0.2) is 5.97 Å². The number of ether oxygens (including phenoxy) is 1. The molecule has 1 aromatic rings. The van der Waals surface area contributed by atoms with Gasteiger partial charge in [0.2, 0.25) is 0 Å². The summed E-state index contributed by atoms with van der Waals surface area (Å²) < 4.78 is 5.30. The number of carbonyl (C=O) groups is 1. The quantitative estimate of drug-likeness (QED) is 0.747. The van der Waals surface area contributed by atoms with Crippen LogP contribution < -0.4 is 0 Å². The van der Waals surface area contributed by atoms with Gasteiger partial charge in [-0.25, -0.2) is 0 Å². The molecule has 0 amide bonds. The molecular weight excluding hydrogens is 224 g/mol. The van der Waals surface area contributed by atoms with Gasteiger partial charge in [0, 0.05) is 0 Å². The van der Waals surface area contributed by atoms with Crippen LogP contribution in [0.25, 0.3) is 5.57 Å². The third-order valence-electron chi connectivity index (χ3n) is 3.25. The van der Waals surface area contributed by atoms with Crippen molar-refractivity contribution in [2.75, 3.05) is 0 Å². The van der Waals surface area contributed by atoms with Gasteiger partial charge in [-0.2, -0.15) is 0 Å². The van der Waals surface area contributed by atoms with Crippen LogP contribution in [0.5, 0.6) is 0 Å². The summed E-state index contributed by atoms with van der Waals surface area (Å²) in [6.45, 7) is 6.40. The number of benzene rings is 1. The van der Waals surface area contributed by atoms with Gasteiger partial charge in [0.25, 0.3) is 0 Å². The molecular formula is C16H20O2. The Hall–Kier alpha value is -1.57. The van der Waals surface area contributed by atoms with Crippen molar-refractivity contribution in [3.63, 3.8) is 0 Å². The van der Waals surface area contributed by atoms with Crippen LogP contribution >= 0.6 is 0 Å². The lowest BCUT2D eigenvalue weighted by Gasteiger charge is -2.30. The first-order valence-electron chi connectivity index (χ1n) is 6.63. The number of rotatable bonds is 4. The second kappa shape index (κ2) is 5.38. The number of allylic oxidation sites excluding steroid dienone is 1. The maximum Gasteiger partial charge on any atom is 0.321 e. The van der Waals surface area contributed by atoms with Crippen LogP contribution in [0, 0.1) is 11.8 Å². The van der Waals surface area contributed by atoms with Gasteiger partial charge in [-0.05, 0) is 29.9 Å². The fraction of sp³-hybridized carbons (Fsp3) is 0.438. The normalized spacial score (nSPS) is 21.6. The van der Waals surface area contributed by atoms with Crippen LogP contribution in [0.3, 0.4) is 0 Å². The molecule has 2 nitrogen and oxygen atoms in total. The van der Waals surface area contributed by atoms with Gasteiger partial charge in [0.1, 0.15) is 11.7 Å². The first-order chi connectivity index (χ1) is 8.63. The standard InChI is InChI=1S/C16H20O2/c1-4-13-15(18-16(13)17)14(10-11(2)3)12-8-6-5-7-9-12/h5-9,11,13H,4,10H2,1-3H3/b15-14+. The summed E-state index contributed by atoms with van der Waals surface area (Å²) >= 11 is 0. The average Bonchev–Trinajstić information content (AvgIpc) is 2.35. The highest BCUT2D eigenvalue weighted by atomic mass is 16.6. The van der Waals surface area contributed by atoms with Crippen molar-refractivity contribution in [1.29, 1.82) is 0 Å². The molecule has 0 N–H and O–H groups in total. The maximum atomic E-state index is 11.4. The van der Waals surface area contributed by atoms with Gasteiger partial charge in [-0.3, -0.25) is 4.79 Å².